The van der Waals surface area contributed by atoms with Crippen LogP contribution >= 0.6 is 0 Å². The Balaban J connectivity index is 2.19. The van der Waals surface area contributed by atoms with Gasteiger partial charge in [0.15, 0.2) is 0 Å². The Labute approximate surface area is 98.0 Å². The molecule has 0 aliphatic heterocycles. The van der Waals surface area contributed by atoms with E-state index in [2.05, 4.69) is 17.4 Å². The summed E-state index contributed by atoms with van der Waals surface area (Å²) in [5.74, 6) is 0. The summed E-state index contributed by atoms with van der Waals surface area (Å²) in [5.41, 5.74) is 7.32. The van der Waals surface area contributed by atoms with Gasteiger partial charge in [-0.3, -0.25) is 0 Å². The first-order valence-corrected chi connectivity index (χ1v) is 5.75. The molecule has 0 spiro atoms. The molecule has 0 fully saturated rings. The zero-order valence-corrected chi connectivity index (χ0v) is 10.1. The number of ether oxygens (including phenoxy) is 1. The lowest BCUT2D eigenvalue weighted by Crippen LogP contribution is -2.38. The van der Waals surface area contributed by atoms with Gasteiger partial charge in [-0.2, -0.15) is 0 Å². The molecule has 3 heteroatoms. The first-order valence-electron chi connectivity index (χ1n) is 5.75. The van der Waals surface area contributed by atoms with Gasteiger partial charge in [0.25, 0.3) is 0 Å². The fraction of sp³-hybridized carbons (Fsp3) is 0.538. The Kier molecular flexibility index (Phi) is 6.08. The Bertz CT molecular complexity index is 277. The van der Waals surface area contributed by atoms with Crippen LogP contribution in [0.2, 0.25) is 0 Å². The van der Waals surface area contributed by atoms with E-state index in [9.17, 15) is 0 Å². The summed E-state index contributed by atoms with van der Waals surface area (Å²) in [4.78, 5) is 0. The molecule has 0 aliphatic rings. The molecule has 2 unspecified atom stereocenters. The third-order valence-corrected chi connectivity index (χ3v) is 2.58. The first-order chi connectivity index (χ1) is 7.72. The summed E-state index contributed by atoms with van der Waals surface area (Å²) in [5, 5.41) is 3.31. The highest BCUT2D eigenvalue weighted by Crippen LogP contribution is 2.01. The van der Waals surface area contributed by atoms with Gasteiger partial charge in [0.1, 0.15) is 0 Å². The van der Waals surface area contributed by atoms with E-state index >= 15 is 0 Å². The van der Waals surface area contributed by atoms with Crippen LogP contribution in [0.15, 0.2) is 30.3 Å². The van der Waals surface area contributed by atoms with Gasteiger partial charge in [-0.1, -0.05) is 30.3 Å². The van der Waals surface area contributed by atoms with Crippen LogP contribution in [0.5, 0.6) is 0 Å². The Morgan fingerprint density at radius 1 is 1.25 bits per heavy atom. The van der Waals surface area contributed by atoms with E-state index in [-0.39, 0.29) is 12.1 Å². The van der Waals surface area contributed by atoms with Gasteiger partial charge in [0, 0.05) is 26.2 Å². The van der Waals surface area contributed by atoms with E-state index in [0.717, 1.165) is 19.5 Å². The number of hydrogen-bond donors (Lipinski definition) is 2. The third kappa shape index (κ3) is 5.26. The Hall–Kier alpha value is -0.900. The van der Waals surface area contributed by atoms with Crippen molar-refractivity contribution in [1.82, 2.24) is 5.32 Å². The Morgan fingerprint density at radius 3 is 2.56 bits per heavy atom. The lowest BCUT2D eigenvalue weighted by Gasteiger charge is -2.15. The lowest BCUT2D eigenvalue weighted by molar-refractivity contribution is 0.117. The highest BCUT2D eigenvalue weighted by Gasteiger charge is 2.04. The van der Waals surface area contributed by atoms with E-state index < -0.39 is 0 Å². The minimum Gasteiger partial charge on any atom is -0.380 e. The average molecular weight is 222 g/mol. The molecular formula is C13H22N2O. The fourth-order valence-electron chi connectivity index (χ4n) is 1.54. The van der Waals surface area contributed by atoms with Crippen molar-refractivity contribution in [3.8, 4) is 0 Å². The van der Waals surface area contributed by atoms with Crippen molar-refractivity contribution in [3.63, 3.8) is 0 Å². The number of nitrogens with two attached hydrogens (primary N) is 1. The van der Waals surface area contributed by atoms with Crippen molar-refractivity contribution in [2.45, 2.75) is 25.5 Å². The minimum atomic E-state index is 0.159. The van der Waals surface area contributed by atoms with Gasteiger partial charge in [-0.25, -0.2) is 0 Å². The molecule has 2 atom stereocenters. The molecule has 0 bridgehead atoms. The van der Waals surface area contributed by atoms with Crippen LogP contribution in [0.1, 0.15) is 12.5 Å². The molecule has 1 aromatic carbocycles. The molecule has 90 valence electrons. The smallest absolute Gasteiger partial charge is 0.0667 e. The van der Waals surface area contributed by atoms with E-state index in [1.807, 2.05) is 25.1 Å². The zero-order chi connectivity index (χ0) is 11.8. The average Bonchev–Trinajstić information content (AvgIpc) is 2.30. The Morgan fingerprint density at radius 2 is 1.94 bits per heavy atom. The summed E-state index contributed by atoms with van der Waals surface area (Å²) in [6, 6.07) is 10.5. The summed E-state index contributed by atoms with van der Waals surface area (Å²) in [7, 11) is 1.72. The summed E-state index contributed by atoms with van der Waals surface area (Å²) >= 11 is 0. The van der Waals surface area contributed by atoms with E-state index in [1.165, 1.54) is 5.56 Å². The highest BCUT2D eigenvalue weighted by molar-refractivity contribution is 5.15. The van der Waals surface area contributed by atoms with E-state index in [1.54, 1.807) is 7.11 Å². The maximum absolute atomic E-state index is 6.03. The van der Waals surface area contributed by atoms with Gasteiger partial charge < -0.3 is 15.8 Å². The quantitative estimate of drug-likeness (QED) is 0.728. The molecule has 0 radical (unpaired) electrons. The first kappa shape index (κ1) is 13.2. The minimum absolute atomic E-state index is 0.159. The second-order valence-electron chi connectivity index (χ2n) is 4.15. The van der Waals surface area contributed by atoms with Gasteiger partial charge in [0.05, 0.1) is 6.10 Å². The van der Waals surface area contributed by atoms with Crippen molar-refractivity contribution in [2.75, 3.05) is 20.2 Å². The fourth-order valence-corrected chi connectivity index (χ4v) is 1.54. The molecule has 0 heterocycles. The van der Waals surface area contributed by atoms with Crippen molar-refractivity contribution in [1.29, 1.82) is 0 Å². The molecule has 0 aliphatic carbocycles. The highest BCUT2D eigenvalue weighted by atomic mass is 16.5. The topological polar surface area (TPSA) is 47.3 Å². The van der Waals surface area contributed by atoms with E-state index in [0.29, 0.717) is 0 Å². The molecular weight excluding hydrogens is 200 g/mol. The molecule has 3 nitrogen and oxygen atoms in total. The largest absolute Gasteiger partial charge is 0.380 e. The number of benzene rings is 1. The van der Waals surface area contributed by atoms with Crippen LogP contribution in [0, 0.1) is 0 Å². The van der Waals surface area contributed by atoms with Crippen LogP contribution in [-0.2, 0) is 11.2 Å². The number of nitrogens with one attached hydrogen (secondary N) is 1. The molecule has 16 heavy (non-hydrogen) atoms. The van der Waals surface area contributed by atoms with Crippen LogP contribution < -0.4 is 11.1 Å². The van der Waals surface area contributed by atoms with Crippen molar-refractivity contribution >= 4 is 0 Å². The normalized spacial score (nSPS) is 14.7. The summed E-state index contributed by atoms with van der Waals surface area (Å²) < 4.78 is 5.15. The number of hydrogen-bond acceptors (Lipinski definition) is 3. The van der Waals surface area contributed by atoms with Gasteiger partial charge in [-0.15, -0.1) is 0 Å². The second kappa shape index (κ2) is 7.39. The summed E-state index contributed by atoms with van der Waals surface area (Å²) in [6.45, 7) is 3.71. The molecule has 1 aromatic rings. The van der Waals surface area contributed by atoms with Crippen LogP contribution in [0.25, 0.3) is 0 Å². The molecule has 0 saturated carbocycles. The van der Waals surface area contributed by atoms with Crippen LogP contribution in [0.3, 0.4) is 0 Å². The zero-order valence-electron chi connectivity index (χ0n) is 10.1. The number of rotatable bonds is 7. The second-order valence-corrected chi connectivity index (χ2v) is 4.15. The van der Waals surface area contributed by atoms with Crippen LogP contribution in [0.4, 0.5) is 0 Å². The molecule has 1 rings (SSSR count). The standard InChI is InChI=1S/C13H22N2O/c1-11(16-2)9-15-10-13(14)8-12-6-4-3-5-7-12/h3-7,11,13,15H,8-10,14H2,1-2H3. The lowest BCUT2D eigenvalue weighted by atomic mass is 10.1. The maximum atomic E-state index is 6.03. The molecule has 0 amide bonds. The predicted octanol–water partition coefficient (Wildman–Crippen LogP) is 1.18. The van der Waals surface area contributed by atoms with E-state index in [4.69, 9.17) is 10.5 Å². The van der Waals surface area contributed by atoms with Crippen molar-refractivity contribution < 1.29 is 4.74 Å². The SMILES string of the molecule is COC(C)CNCC(N)Cc1ccccc1. The monoisotopic (exact) mass is 222 g/mol. The van der Waals surface area contributed by atoms with Gasteiger partial charge >= 0.3 is 0 Å². The van der Waals surface area contributed by atoms with Crippen LogP contribution in [-0.4, -0.2) is 32.3 Å². The summed E-state index contributed by atoms with van der Waals surface area (Å²) in [6.07, 6.45) is 1.15. The van der Waals surface area contributed by atoms with Crippen molar-refractivity contribution in [3.05, 3.63) is 35.9 Å². The molecule has 3 N–H and O–H groups in total. The predicted molar refractivity (Wildman–Crippen MR) is 67.5 cm³/mol. The van der Waals surface area contributed by atoms with Crippen molar-refractivity contribution in [2.24, 2.45) is 5.73 Å². The maximum Gasteiger partial charge on any atom is 0.0667 e. The third-order valence-electron chi connectivity index (χ3n) is 2.58. The molecule has 0 saturated heterocycles. The van der Waals surface area contributed by atoms with Gasteiger partial charge in [0.2, 0.25) is 0 Å². The van der Waals surface area contributed by atoms with Gasteiger partial charge in [-0.05, 0) is 18.9 Å². The molecule has 0 aromatic heterocycles. The number of methoxy groups -OCH3 is 1.